The van der Waals surface area contributed by atoms with E-state index in [4.69, 9.17) is 4.74 Å². The molecule has 166 valence electrons. The molecule has 1 fully saturated rings. The van der Waals surface area contributed by atoms with Gasteiger partial charge in [0.25, 0.3) is 5.91 Å². The van der Waals surface area contributed by atoms with Crippen molar-refractivity contribution in [2.45, 2.75) is 51.6 Å². The number of hydrogen-bond acceptors (Lipinski definition) is 5. The van der Waals surface area contributed by atoms with Crippen LogP contribution in [0.15, 0.2) is 54.6 Å². The average molecular weight is 432 g/mol. The Kier molecular flexibility index (Phi) is 6.01. The third-order valence-corrected chi connectivity index (χ3v) is 6.43. The first-order valence-corrected chi connectivity index (χ1v) is 11.3. The van der Waals surface area contributed by atoms with Gasteiger partial charge in [-0.1, -0.05) is 65.4 Å². The molecule has 2 aromatic carbocycles. The maximum Gasteiger partial charge on any atom is 0.274 e. The van der Waals surface area contributed by atoms with Crippen molar-refractivity contribution in [3.8, 4) is 0 Å². The SMILES string of the molecule is Cc1ccc([C@@H]2Cn3nnc(C(=O)NC4CCN(Cc5ccccc5)CC4)c3CO2)cc1. The van der Waals surface area contributed by atoms with Crippen LogP contribution in [-0.4, -0.2) is 44.9 Å². The number of hydrogen-bond donors (Lipinski definition) is 1. The number of aryl methyl sites for hydroxylation is 1. The van der Waals surface area contributed by atoms with E-state index in [0.29, 0.717) is 18.8 Å². The fourth-order valence-electron chi connectivity index (χ4n) is 4.50. The van der Waals surface area contributed by atoms with Gasteiger partial charge in [-0.3, -0.25) is 9.69 Å². The minimum atomic E-state index is -0.148. The fraction of sp³-hybridized carbons (Fsp3) is 0.400. The predicted octanol–water partition coefficient (Wildman–Crippen LogP) is 3.25. The molecular formula is C25H29N5O2. The van der Waals surface area contributed by atoms with E-state index in [-0.39, 0.29) is 18.1 Å². The van der Waals surface area contributed by atoms with Gasteiger partial charge in [-0.2, -0.15) is 0 Å². The second-order valence-corrected chi connectivity index (χ2v) is 8.79. The molecule has 0 saturated carbocycles. The van der Waals surface area contributed by atoms with Crippen molar-refractivity contribution < 1.29 is 9.53 Å². The highest BCUT2D eigenvalue weighted by Gasteiger charge is 2.29. The smallest absolute Gasteiger partial charge is 0.274 e. The van der Waals surface area contributed by atoms with Gasteiger partial charge in [-0.25, -0.2) is 4.68 Å². The quantitative estimate of drug-likeness (QED) is 0.671. The number of likely N-dealkylation sites (tertiary alicyclic amines) is 1. The normalized spacial score (nSPS) is 19.5. The van der Waals surface area contributed by atoms with Crippen LogP contribution in [0.4, 0.5) is 0 Å². The zero-order chi connectivity index (χ0) is 21.9. The van der Waals surface area contributed by atoms with Gasteiger partial charge in [-0.05, 0) is 30.9 Å². The van der Waals surface area contributed by atoms with Gasteiger partial charge in [0.15, 0.2) is 5.69 Å². The highest BCUT2D eigenvalue weighted by Crippen LogP contribution is 2.27. The summed E-state index contributed by atoms with van der Waals surface area (Å²) in [6, 6.07) is 19.0. The van der Waals surface area contributed by atoms with E-state index < -0.39 is 0 Å². The molecule has 1 amide bonds. The topological polar surface area (TPSA) is 72.3 Å². The Bertz CT molecular complexity index is 1060. The lowest BCUT2D eigenvalue weighted by Gasteiger charge is -2.32. The number of amides is 1. The summed E-state index contributed by atoms with van der Waals surface area (Å²) in [4.78, 5) is 15.4. The van der Waals surface area contributed by atoms with Gasteiger partial charge in [-0.15, -0.1) is 5.10 Å². The molecule has 5 rings (SSSR count). The van der Waals surface area contributed by atoms with Crippen molar-refractivity contribution in [3.63, 3.8) is 0 Å². The second kappa shape index (κ2) is 9.22. The van der Waals surface area contributed by atoms with E-state index in [9.17, 15) is 4.79 Å². The number of carbonyl (C=O) groups excluding carboxylic acids is 1. The standard InChI is InChI=1S/C25H29N5O2/c1-18-7-9-20(10-8-18)23-16-30-22(17-32-23)24(27-28-30)25(31)26-21-11-13-29(14-12-21)15-19-5-3-2-4-6-19/h2-10,21,23H,11-17H2,1H3,(H,26,31)/t23-/m0/s1. The van der Waals surface area contributed by atoms with Gasteiger partial charge in [0, 0.05) is 25.7 Å². The summed E-state index contributed by atoms with van der Waals surface area (Å²) in [5, 5.41) is 11.6. The lowest BCUT2D eigenvalue weighted by Crippen LogP contribution is -2.44. The number of ether oxygens (including phenoxy) is 1. The Morgan fingerprint density at radius 1 is 1.09 bits per heavy atom. The number of piperidine rings is 1. The molecule has 3 heterocycles. The average Bonchev–Trinajstić information content (AvgIpc) is 3.25. The van der Waals surface area contributed by atoms with Crippen molar-refractivity contribution in [3.05, 3.63) is 82.7 Å². The molecule has 0 bridgehead atoms. The molecule has 3 aromatic rings. The van der Waals surface area contributed by atoms with Gasteiger partial charge in [0.1, 0.15) is 6.10 Å². The number of carbonyl (C=O) groups is 1. The van der Waals surface area contributed by atoms with Crippen LogP contribution in [-0.2, 0) is 24.4 Å². The first-order chi connectivity index (χ1) is 15.7. The zero-order valence-electron chi connectivity index (χ0n) is 18.4. The summed E-state index contributed by atoms with van der Waals surface area (Å²) in [5.74, 6) is -0.148. The Balaban J connectivity index is 1.16. The summed E-state index contributed by atoms with van der Waals surface area (Å²) in [6.07, 6.45) is 1.80. The molecule has 7 heteroatoms. The Hall–Kier alpha value is -3.03. The third-order valence-electron chi connectivity index (χ3n) is 6.43. The molecule has 32 heavy (non-hydrogen) atoms. The maximum absolute atomic E-state index is 12.9. The van der Waals surface area contributed by atoms with E-state index in [1.807, 2.05) is 10.7 Å². The first-order valence-electron chi connectivity index (χ1n) is 11.3. The van der Waals surface area contributed by atoms with Gasteiger partial charge >= 0.3 is 0 Å². The van der Waals surface area contributed by atoms with Crippen LogP contribution in [0.5, 0.6) is 0 Å². The number of nitrogens with one attached hydrogen (secondary N) is 1. The van der Waals surface area contributed by atoms with Gasteiger partial charge in [0.2, 0.25) is 0 Å². The summed E-state index contributed by atoms with van der Waals surface area (Å²) in [7, 11) is 0. The highest BCUT2D eigenvalue weighted by molar-refractivity contribution is 5.93. The van der Waals surface area contributed by atoms with Crippen molar-refractivity contribution in [1.82, 2.24) is 25.2 Å². The molecule has 0 spiro atoms. The minimum Gasteiger partial charge on any atom is -0.365 e. The monoisotopic (exact) mass is 431 g/mol. The van der Waals surface area contributed by atoms with Crippen LogP contribution in [0.25, 0.3) is 0 Å². The summed E-state index contributed by atoms with van der Waals surface area (Å²) < 4.78 is 7.86. The summed E-state index contributed by atoms with van der Waals surface area (Å²) in [5.41, 5.74) is 4.81. The highest BCUT2D eigenvalue weighted by atomic mass is 16.5. The van der Waals surface area contributed by atoms with E-state index in [2.05, 4.69) is 76.0 Å². The number of nitrogens with zero attached hydrogens (tertiary/aromatic N) is 4. The van der Waals surface area contributed by atoms with E-state index in [1.165, 1.54) is 11.1 Å². The Morgan fingerprint density at radius 3 is 2.59 bits per heavy atom. The molecule has 2 aliphatic rings. The van der Waals surface area contributed by atoms with Crippen molar-refractivity contribution in [2.75, 3.05) is 13.1 Å². The first kappa shape index (κ1) is 20.8. The number of fused-ring (bicyclic) bond motifs is 1. The van der Waals surface area contributed by atoms with E-state index in [0.717, 1.165) is 43.7 Å². The molecule has 0 aliphatic carbocycles. The van der Waals surface area contributed by atoms with Crippen molar-refractivity contribution in [2.24, 2.45) is 0 Å². The van der Waals surface area contributed by atoms with Crippen LogP contribution < -0.4 is 5.32 Å². The number of rotatable bonds is 5. The van der Waals surface area contributed by atoms with Crippen molar-refractivity contribution in [1.29, 1.82) is 0 Å². The number of aromatic nitrogens is 3. The largest absolute Gasteiger partial charge is 0.365 e. The van der Waals surface area contributed by atoms with Crippen LogP contribution in [0.2, 0.25) is 0 Å². The maximum atomic E-state index is 12.9. The lowest BCUT2D eigenvalue weighted by molar-refractivity contribution is -0.00179. The van der Waals surface area contributed by atoms with Crippen LogP contribution in [0.1, 0.15) is 51.8 Å². The molecule has 0 unspecified atom stereocenters. The third kappa shape index (κ3) is 4.59. The minimum absolute atomic E-state index is 0.0744. The zero-order valence-corrected chi connectivity index (χ0v) is 18.4. The Labute approximate surface area is 188 Å². The molecule has 2 aliphatic heterocycles. The second-order valence-electron chi connectivity index (χ2n) is 8.79. The van der Waals surface area contributed by atoms with Crippen LogP contribution >= 0.6 is 0 Å². The molecule has 1 N–H and O–H groups in total. The molecule has 1 saturated heterocycles. The fourth-order valence-corrected chi connectivity index (χ4v) is 4.50. The molecule has 7 nitrogen and oxygen atoms in total. The van der Waals surface area contributed by atoms with Gasteiger partial charge in [0.05, 0.1) is 18.8 Å². The van der Waals surface area contributed by atoms with Gasteiger partial charge < -0.3 is 10.1 Å². The summed E-state index contributed by atoms with van der Waals surface area (Å²) >= 11 is 0. The van der Waals surface area contributed by atoms with Crippen molar-refractivity contribution >= 4 is 5.91 Å². The number of benzene rings is 2. The molecule has 0 radical (unpaired) electrons. The van der Waals surface area contributed by atoms with Crippen LogP contribution in [0.3, 0.4) is 0 Å². The van der Waals surface area contributed by atoms with E-state index >= 15 is 0 Å². The molecule has 1 atom stereocenters. The predicted molar refractivity (Wildman–Crippen MR) is 121 cm³/mol. The molecular weight excluding hydrogens is 402 g/mol. The van der Waals surface area contributed by atoms with Crippen LogP contribution in [0, 0.1) is 6.92 Å². The lowest BCUT2D eigenvalue weighted by atomic mass is 10.0. The summed E-state index contributed by atoms with van der Waals surface area (Å²) in [6.45, 7) is 5.88. The van der Waals surface area contributed by atoms with E-state index in [1.54, 1.807) is 0 Å². The Morgan fingerprint density at radius 2 is 1.84 bits per heavy atom. The molecule has 1 aromatic heterocycles.